The van der Waals surface area contributed by atoms with Crippen LogP contribution in [0.2, 0.25) is 0 Å². The van der Waals surface area contributed by atoms with Gasteiger partial charge in [0.1, 0.15) is 11.5 Å². The summed E-state index contributed by atoms with van der Waals surface area (Å²) in [6.07, 6.45) is 19.7. The van der Waals surface area contributed by atoms with Crippen LogP contribution in [0.15, 0.2) is 41.2 Å². The molecule has 0 atom stereocenters. The maximum absolute atomic E-state index is 8.48. The number of likely N-dealkylation sites (tertiary alicyclic amines) is 1. The number of amidine groups is 1. The molecular weight excluding hydrogens is 332 g/mol. The molecule has 3 rings (SSSR count). The molecule has 4 nitrogen and oxygen atoms in total. The summed E-state index contributed by atoms with van der Waals surface area (Å²) in [4.78, 5) is 7.02. The van der Waals surface area contributed by atoms with Crippen molar-refractivity contribution < 1.29 is 0 Å². The summed E-state index contributed by atoms with van der Waals surface area (Å²) in [6.45, 7) is 7.08. The molecule has 2 aliphatic heterocycles. The van der Waals surface area contributed by atoms with Gasteiger partial charge < -0.3 is 9.47 Å². The van der Waals surface area contributed by atoms with Gasteiger partial charge in [-0.2, -0.15) is 0 Å². The van der Waals surface area contributed by atoms with Crippen LogP contribution in [0.3, 0.4) is 0 Å². The lowest BCUT2D eigenvalue weighted by atomic mass is 10.1. The van der Waals surface area contributed by atoms with Crippen LogP contribution in [0.4, 0.5) is 0 Å². The molecular formula is C23H32N4. The van der Waals surface area contributed by atoms with E-state index < -0.39 is 0 Å². The van der Waals surface area contributed by atoms with Crippen molar-refractivity contribution in [2.24, 2.45) is 4.99 Å². The van der Waals surface area contributed by atoms with Gasteiger partial charge in [0, 0.05) is 30.3 Å². The predicted octanol–water partition coefficient (Wildman–Crippen LogP) is 3.62. The molecule has 0 spiro atoms. The van der Waals surface area contributed by atoms with Gasteiger partial charge in [-0.15, -0.1) is 0 Å². The summed E-state index contributed by atoms with van der Waals surface area (Å²) in [7, 11) is 0. The Hall–Kier alpha value is -2.36. The normalized spacial score (nSPS) is 19.1. The summed E-state index contributed by atoms with van der Waals surface area (Å²) in [6, 6.07) is 2.17. The van der Waals surface area contributed by atoms with E-state index in [0.29, 0.717) is 5.84 Å². The largest absolute Gasteiger partial charge is 0.355 e. The molecule has 3 heterocycles. The summed E-state index contributed by atoms with van der Waals surface area (Å²) in [5.74, 6) is 0.606. The Bertz CT molecular complexity index is 861. The first-order valence-corrected chi connectivity index (χ1v) is 10.3. The maximum atomic E-state index is 8.48. The van der Waals surface area contributed by atoms with E-state index in [1.807, 2.05) is 0 Å². The van der Waals surface area contributed by atoms with E-state index in [4.69, 9.17) is 10.4 Å². The third kappa shape index (κ3) is 4.88. The third-order valence-electron chi connectivity index (χ3n) is 5.26. The fourth-order valence-electron chi connectivity index (χ4n) is 3.71. The molecule has 4 heteroatoms. The number of aliphatic imine (C=N–C) groups is 1. The second-order valence-corrected chi connectivity index (χ2v) is 7.31. The minimum Gasteiger partial charge on any atom is -0.355 e. The van der Waals surface area contributed by atoms with Gasteiger partial charge >= 0.3 is 0 Å². The number of unbranched alkanes of at least 4 members (excludes halogenated alkanes) is 1. The van der Waals surface area contributed by atoms with Gasteiger partial charge in [0.05, 0.1) is 6.54 Å². The minimum atomic E-state index is 0.606. The van der Waals surface area contributed by atoms with Gasteiger partial charge in [-0.3, -0.25) is 10.4 Å². The standard InChI is InChI=1S/C23H32N4/c1-3-5-6-7-13-22-19(4-2)14-17-27(22)18-20-11-10-12-21(25-20)23(24)26-15-8-9-16-26/h4,6-7,12-14,17,24H,3,5,8-11,15-16,18H2,1-2H3/b7-6-,19-4-,22-13+,24-23?. The van der Waals surface area contributed by atoms with Crippen LogP contribution in [-0.4, -0.2) is 34.1 Å². The van der Waals surface area contributed by atoms with Crippen molar-refractivity contribution in [3.05, 3.63) is 46.8 Å². The SMILES string of the molecule is C/C=c1/ccn(CC2=NC(C(=N)N3CCCC3)=CCC2)/c1=C/C=C\CCC. The minimum absolute atomic E-state index is 0.606. The first kappa shape index (κ1) is 19.4. The maximum Gasteiger partial charge on any atom is 0.146 e. The molecule has 0 bridgehead atoms. The van der Waals surface area contributed by atoms with Crippen LogP contribution in [0, 0.1) is 5.41 Å². The molecule has 27 heavy (non-hydrogen) atoms. The van der Waals surface area contributed by atoms with E-state index >= 15 is 0 Å². The van der Waals surface area contributed by atoms with E-state index in [1.165, 1.54) is 35.5 Å². The lowest BCUT2D eigenvalue weighted by Gasteiger charge is -2.21. The van der Waals surface area contributed by atoms with Crippen LogP contribution in [-0.2, 0) is 6.54 Å². The Morgan fingerprint density at radius 3 is 2.85 bits per heavy atom. The lowest BCUT2D eigenvalue weighted by Crippen LogP contribution is -2.32. The molecule has 0 aliphatic carbocycles. The molecule has 1 aromatic rings. The number of aromatic nitrogens is 1. The fraction of sp³-hybridized carbons (Fsp3) is 0.478. The summed E-state index contributed by atoms with van der Waals surface area (Å²) in [5.41, 5.74) is 2.03. The van der Waals surface area contributed by atoms with Crippen molar-refractivity contribution >= 4 is 23.7 Å². The molecule has 1 aromatic heterocycles. The highest BCUT2D eigenvalue weighted by Gasteiger charge is 2.20. The van der Waals surface area contributed by atoms with E-state index in [9.17, 15) is 0 Å². The molecule has 0 amide bonds. The van der Waals surface area contributed by atoms with Crippen molar-refractivity contribution in [1.29, 1.82) is 5.41 Å². The van der Waals surface area contributed by atoms with Crippen LogP contribution in [0.25, 0.3) is 12.2 Å². The average Bonchev–Trinajstić information content (AvgIpc) is 3.35. The molecule has 0 unspecified atom stereocenters. The van der Waals surface area contributed by atoms with Crippen LogP contribution in [0.5, 0.6) is 0 Å². The number of hydrogen-bond donors (Lipinski definition) is 1. The Labute approximate surface area is 162 Å². The smallest absolute Gasteiger partial charge is 0.146 e. The summed E-state index contributed by atoms with van der Waals surface area (Å²) in [5, 5.41) is 11.0. The Kier molecular flexibility index (Phi) is 6.86. The number of rotatable bonds is 6. The topological polar surface area (TPSA) is 44.4 Å². The van der Waals surface area contributed by atoms with Crippen molar-refractivity contribution in [3.8, 4) is 0 Å². The zero-order chi connectivity index (χ0) is 19.1. The molecule has 0 saturated carbocycles. The molecule has 1 N–H and O–H groups in total. The summed E-state index contributed by atoms with van der Waals surface area (Å²) < 4.78 is 2.28. The average molecular weight is 365 g/mol. The molecule has 2 aliphatic rings. The van der Waals surface area contributed by atoms with Gasteiger partial charge in [-0.1, -0.05) is 37.6 Å². The predicted molar refractivity (Wildman–Crippen MR) is 116 cm³/mol. The van der Waals surface area contributed by atoms with Crippen LogP contribution >= 0.6 is 0 Å². The first-order chi connectivity index (χ1) is 13.2. The highest BCUT2D eigenvalue weighted by molar-refractivity contribution is 6.00. The zero-order valence-corrected chi connectivity index (χ0v) is 16.7. The van der Waals surface area contributed by atoms with Crippen molar-refractivity contribution in [1.82, 2.24) is 9.47 Å². The first-order valence-electron chi connectivity index (χ1n) is 10.3. The lowest BCUT2D eigenvalue weighted by molar-refractivity contribution is 0.515. The van der Waals surface area contributed by atoms with E-state index in [2.05, 4.69) is 66.0 Å². The molecule has 1 saturated heterocycles. The van der Waals surface area contributed by atoms with Gasteiger partial charge in [0.2, 0.25) is 0 Å². The molecule has 0 radical (unpaired) electrons. The van der Waals surface area contributed by atoms with Gasteiger partial charge in [0.15, 0.2) is 0 Å². The third-order valence-corrected chi connectivity index (χ3v) is 5.26. The fourth-order valence-corrected chi connectivity index (χ4v) is 3.71. The molecule has 1 fully saturated rings. The van der Waals surface area contributed by atoms with Crippen LogP contribution in [0.1, 0.15) is 52.4 Å². The highest BCUT2D eigenvalue weighted by atomic mass is 15.2. The van der Waals surface area contributed by atoms with Crippen molar-refractivity contribution in [2.45, 2.75) is 58.9 Å². The monoisotopic (exact) mass is 364 g/mol. The quantitative estimate of drug-likeness (QED) is 0.608. The second-order valence-electron chi connectivity index (χ2n) is 7.31. The van der Waals surface area contributed by atoms with Gasteiger partial charge in [0.25, 0.3) is 0 Å². The summed E-state index contributed by atoms with van der Waals surface area (Å²) >= 11 is 0. The second kappa shape index (κ2) is 9.54. The van der Waals surface area contributed by atoms with E-state index in [1.54, 1.807) is 0 Å². The Balaban J connectivity index is 1.80. The van der Waals surface area contributed by atoms with E-state index in [-0.39, 0.29) is 0 Å². The number of hydrogen-bond acceptors (Lipinski definition) is 2. The van der Waals surface area contributed by atoms with E-state index in [0.717, 1.165) is 44.6 Å². The highest BCUT2D eigenvalue weighted by Crippen LogP contribution is 2.18. The number of nitrogens with zero attached hydrogens (tertiary/aromatic N) is 3. The Morgan fingerprint density at radius 1 is 1.30 bits per heavy atom. The molecule has 0 aromatic carbocycles. The number of allylic oxidation sites excluding steroid dienone is 3. The van der Waals surface area contributed by atoms with Crippen LogP contribution < -0.4 is 10.6 Å². The van der Waals surface area contributed by atoms with Crippen molar-refractivity contribution in [2.75, 3.05) is 13.1 Å². The molecule has 144 valence electrons. The zero-order valence-electron chi connectivity index (χ0n) is 16.7. The Morgan fingerprint density at radius 2 is 2.11 bits per heavy atom. The van der Waals surface area contributed by atoms with Gasteiger partial charge in [-0.25, -0.2) is 0 Å². The number of nitrogens with one attached hydrogen (secondary N) is 1. The van der Waals surface area contributed by atoms with Crippen molar-refractivity contribution in [3.63, 3.8) is 0 Å². The van der Waals surface area contributed by atoms with Gasteiger partial charge in [-0.05, 0) is 56.4 Å².